The minimum absolute atomic E-state index is 0.653. The minimum atomic E-state index is 0.653. The molecule has 0 bridgehead atoms. The van der Waals surface area contributed by atoms with Crippen molar-refractivity contribution in [3.8, 4) is 28.3 Å². The quantitative estimate of drug-likeness (QED) is 0.467. The van der Waals surface area contributed by atoms with Gasteiger partial charge in [-0.2, -0.15) is 0 Å². The van der Waals surface area contributed by atoms with E-state index in [0.29, 0.717) is 6.61 Å². The molecule has 2 heterocycles. The fourth-order valence-electron chi connectivity index (χ4n) is 2.92. The van der Waals surface area contributed by atoms with E-state index in [4.69, 9.17) is 14.1 Å². The summed E-state index contributed by atoms with van der Waals surface area (Å²) in [5.41, 5.74) is 4.01. The van der Waals surface area contributed by atoms with Crippen LogP contribution in [0, 0.1) is 0 Å². The normalized spacial score (nSPS) is 11.1. The maximum Gasteiger partial charge on any atom is 0.131 e. The van der Waals surface area contributed by atoms with Crippen molar-refractivity contribution < 1.29 is 9.15 Å². The van der Waals surface area contributed by atoms with Crippen LogP contribution in [0.15, 0.2) is 77.4 Å². The van der Waals surface area contributed by atoms with Crippen LogP contribution in [0.3, 0.4) is 0 Å². The highest BCUT2D eigenvalue weighted by molar-refractivity contribution is 5.80. The van der Waals surface area contributed by atoms with Gasteiger partial charge in [-0.05, 0) is 55.5 Å². The van der Waals surface area contributed by atoms with E-state index >= 15 is 0 Å². The average molecular weight is 356 g/mol. The number of aromatic amines is 1. The Morgan fingerprint density at radius 2 is 1.74 bits per heavy atom. The summed E-state index contributed by atoms with van der Waals surface area (Å²) in [4.78, 5) is 8.23. The van der Waals surface area contributed by atoms with Gasteiger partial charge in [0.25, 0.3) is 0 Å². The first-order valence-electron chi connectivity index (χ1n) is 8.94. The number of ether oxygens (including phenoxy) is 1. The Morgan fingerprint density at radius 3 is 2.44 bits per heavy atom. The second-order valence-corrected chi connectivity index (χ2v) is 6.02. The SMILES string of the molecule is CCOc1ccc(-c2[nH]c(/C=C/c3ccco3)nc2-c2ccccc2)cc1. The molecule has 2 aromatic carbocycles. The first kappa shape index (κ1) is 16.9. The maximum absolute atomic E-state index is 5.55. The molecule has 0 saturated carbocycles. The highest BCUT2D eigenvalue weighted by atomic mass is 16.5. The number of H-pyrrole nitrogens is 1. The molecular formula is C23H20N2O2. The summed E-state index contributed by atoms with van der Waals surface area (Å²) in [6, 6.07) is 22.0. The van der Waals surface area contributed by atoms with Crippen LogP contribution in [0.5, 0.6) is 5.75 Å². The Hall–Kier alpha value is -3.53. The molecule has 0 atom stereocenters. The molecule has 0 saturated heterocycles. The van der Waals surface area contributed by atoms with Gasteiger partial charge in [0.05, 0.1) is 24.3 Å². The molecule has 0 aliphatic carbocycles. The second kappa shape index (κ2) is 7.79. The maximum atomic E-state index is 5.55. The Bertz CT molecular complexity index is 1010. The topological polar surface area (TPSA) is 51.0 Å². The van der Waals surface area contributed by atoms with Gasteiger partial charge in [-0.1, -0.05) is 30.3 Å². The Balaban J connectivity index is 1.74. The van der Waals surface area contributed by atoms with Gasteiger partial charge >= 0.3 is 0 Å². The summed E-state index contributed by atoms with van der Waals surface area (Å²) in [7, 11) is 0. The number of nitrogens with zero attached hydrogens (tertiary/aromatic N) is 1. The smallest absolute Gasteiger partial charge is 0.131 e. The summed E-state index contributed by atoms with van der Waals surface area (Å²) in [5, 5.41) is 0. The third-order valence-electron chi connectivity index (χ3n) is 4.17. The largest absolute Gasteiger partial charge is 0.494 e. The molecule has 2 aromatic heterocycles. The van der Waals surface area contributed by atoms with Crippen LogP contribution >= 0.6 is 0 Å². The fraction of sp³-hybridized carbons (Fsp3) is 0.0870. The highest BCUT2D eigenvalue weighted by Crippen LogP contribution is 2.31. The summed E-state index contributed by atoms with van der Waals surface area (Å²) in [5.74, 6) is 2.42. The lowest BCUT2D eigenvalue weighted by atomic mass is 10.1. The molecule has 4 rings (SSSR count). The molecule has 1 N–H and O–H groups in total. The summed E-state index contributed by atoms with van der Waals surface area (Å²) in [6.07, 6.45) is 5.47. The Morgan fingerprint density at radius 1 is 0.926 bits per heavy atom. The van der Waals surface area contributed by atoms with Crippen molar-refractivity contribution >= 4 is 12.2 Å². The monoisotopic (exact) mass is 356 g/mol. The number of rotatable bonds is 6. The van der Waals surface area contributed by atoms with Crippen LogP contribution in [0.2, 0.25) is 0 Å². The van der Waals surface area contributed by atoms with E-state index in [1.54, 1.807) is 6.26 Å². The van der Waals surface area contributed by atoms with Gasteiger partial charge in [0, 0.05) is 11.1 Å². The van der Waals surface area contributed by atoms with Crippen molar-refractivity contribution in [1.82, 2.24) is 9.97 Å². The number of benzene rings is 2. The first-order chi connectivity index (χ1) is 13.3. The van der Waals surface area contributed by atoms with E-state index in [1.807, 2.05) is 73.7 Å². The molecule has 0 unspecified atom stereocenters. The second-order valence-electron chi connectivity index (χ2n) is 6.02. The van der Waals surface area contributed by atoms with Crippen molar-refractivity contribution in [3.05, 3.63) is 84.6 Å². The molecule has 134 valence electrons. The molecule has 4 nitrogen and oxygen atoms in total. The highest BCUT2D eigenvalue weighted by Gasteiger charge is 2.13. The van der Waals surface area contributed by atoms with E-state index < -0.39 is 0 Å². The molecule has 0 aliphatic heterocycles. The van der Waals surface area contributed by atoms with Gasteiger partial charge in [0.2, 0.25) is 0 Å². The van der Waals surface area contributed by atoms with E-state index in [0.717, 1.165) is 39.8 Å². The summed E-state index contributed by atoms with van der Waals surface area (Å²) < 4.78 is 10.9. The zero-order valence-corrected chi connectivity index (χ0v) is 15.1. The molecule has 0 aliphatic rings. The minimum Gasteiger partial charge on any atom is -0.494 e. The zero-order chi connectivity index (χ0) is 18.5. The lowest BCUT2D eigenvalue weighted by Gasteiger charge is -2.06. The molecule has 0 radical (unpaired) electrons. The van der Waals surface area contributed by atoms with Crippen LogP contribution in [-0.2, 0) is 0 Å². The van der Waals surface area contributed by atoms with Gasteiger partial charge in [0.1, 0.15) is 17.3 Å². The number of aromatic nitrogens is 2. The molecule has 0 fully saturated rings. The van der Waals surface area contributed by atoms with Gasteiger partial charge < -0.3 is 14.1 Å². The lowest BCUT2D eigenvalue weighted by Crippen LogP contribution is -1.91. The Kier molecular flexibility index (Phi) is 4.88. The number of imidazole rings is 1. The third-order valence-corrected chi connectivity index (χ3v) is 4.17. The molecular weight excluding hydrogens is 336 g/mol. The van der Waals surface area contributed by atoms with E-state index in [9.17, 15) is 0 Å². The number of nitrogens with one attached hydrogen (secondary N) is 1. The first-order valence-corrected chi connectivity index (χ1v) is 8.94. The van der Waals surface area contributed by atoms with Crippen molar-refractivity contribution in [2.75, 3.05) is 6.61 Å². The van der Waals surface area contributed by atoms with Crippen LogP contribution in [0.25, 0.3) is 34.7 Å². The predicted octanol–water partition coefficient (Wildman–Crippen LogP) is 5.91. The lowest BCUT2D eigenvalue weighted by molar-refractivity contribution is 0.340. The predicted molar refractivity (Wildman–Crippen MR) is 108 cm³/mol. The fourth-order valence-corrected chi connectivity index (χ4v) is 2.92. The van der Waals surface area contributed by atoms with Crippen molar-refractivity contribution in [3.63, 3.8) is 0 Å². The van der Waals surface area contributed by atoms with Gasteiger partial charge in [-0.25, -0.2) is 4.98 Å². The molecule has 27 heavy (non-hydrogen) atoms. The average Bonchev–Trinajstić information content (AvgIpc) is 3.38. The summed E-state index contributed by atoms with van der Waals surface area (Å²) in [6.45, 7) is 2.63. The van der Waals surface area contributed by atoms with Gasteiger partial charge in [-0.3, -0.25) is 0 Å². The van der Waals surface area contributed by atoms with E-state index in [1.165, 1.54) is 0 Å². The van der Waals surface area contributed by atoms with Crippen LogP contribution < -0.4 is 4.74 Å². The van der Waals surface area contributed by atoms with Crippen LogP contribution in [0.1, 0.15) is 18.5 Å². The number of hydrogen-bond acceptors (Lipinski definition) is 3. The van der Waals surface area contributed by atoms with E-state index in [2.05, 4.69) is 17.1 Å². The zero-order valence-electron chi connectivity index (χ0n) is 15.1. The van der Waals surface area contributed by atoms with Gasteiger partial charge in [0.15, 0.2) is 0 Å². The van der Waals surface area contributed by atoms with Crippen LogP contribution in [0.4, 0.5) is 0 Å². The summed E-state index contributed by atoms with van der Waals surface area (Å²) >= 11 is 0. The molecule has 0 spiro atoms. The van der Waals surface area contributed by atoms with Crippen molar-refractivity contribution in [2.45, 2.75) is 6.92 Å². The molecule has 4 heteroatoms. The molecule has 4 aromatic rings. The van der Waals surface area contributed by atoms with E-state index in [-0.39, 0.29) is 0 Å². The number of furan rings is 1. The van der Waals surface area contributed by atoms with Crippen molar-refractivity contribution in [2.24, 2.45) is 0 Å². The standard InChI is InChI=1S/C23H20N2O2/c1-2-26-20-12-10-18(11-13-20)23-22(17-7-4-3-5-8-17)24-21(25-23)15-14-19-9-6-16-27-19/h3-16H,2H2,1H3,(H,24,25)/b15-14+. The van der Waals surface area contributed by atoms with Gasteiger partial charge in [-0.15, -0.1) is 0 Å². The van der Waals surface area contributed by atoms with Crippen molar-refractivity contribution in [1.29, 1.82) is 0 Å². The third kappa shape index (κ3) is 3.85. The molecule has 0 amide bonds. The Labute approximate surface area is 158 Å². The van der Waals surface area contributed by atoms with Crippen LogP contribution in [-0.4, -0.2) is 16.6 Å². The number of hydrogen-bond donors (Lipinski definition) is 1.